The second kappa shape index (κ2) is 6.57. The van der Waals surface area contributed by atoms with Gasteiger partial charge in [0, 0.05) is 6.54 Å². The minimum Gasteiger partial charge on any atom is -0.395 e. The fraction of sp³-hybridized carbons (Fsp3) is 0.533. The van der Waals surface area contributed by atoms with E-state index in [2.05, 4.69) is 28.8 Å². The van der Waals surface area contributed by atoms with E-state index in [1.165, 1.54) is 30.4 Å². The Morgan fingerprint density at radius 1 is 1.32 bits per heavy atom. The largest absolute Gasteiger partial charge is 0.395 e. The smallest absolute Gasteiger partial charge is 0.315 e. The third kappa shape index (κ3) is 3.70. The Bertz CT molecular complexity index is 446. The Morgan fingerprint density at radius 3 is 2.79 bits per heavy atom. The highest BCUT2D eigenvalue weighted by molar-refractivity contribution is 5.74. The maximum atomic E-state index is 11.5. The Balaban J connectivity index is 1.99. The zero-order valence-electron chi connectivity index (χ0n) is 11.4. The third-order valence-electron chi connectivity index (χ3n) is 3.62. The summed E-state index contributed by atoms with van der Waals surface area (Å²) in [7, 11) is 0. The number of amides is 2. The zero-order valence-corrected chi connectivity index (χ0v) is 11.4. The molecule has 0 radical (unpaired) electrons. The van der Waals surface area contributed by atoms with Crippen LogP contribution in [0.3, 0.4) is 0 Å². The number of aryl methyl sites for hydroxylation is 2. The van der Waals surface area contributed by atoms with E-state index in [0.29, 0.717) is 0 Å². The molecule has 4 nitrogen and oxygen atoms in total. The van der Waals surface area contributed by atoms with Crippen LogP contribution in [-0.2, 0) is 12.8 Å². The number of benzene rings is 1. The summed E-state index contributed by atoms with van der Waals surface area (Å²) in [6.45, 7) is 2.21. The van der Waals surface area contributed by atoms with Crippen LogP contribution >= 0.6 is 0 Å². The van der Waals surface area contributed by atoms with Crippen molar-refractivity contribution in [2.45, 2.75) is 38.6 Å². The number of fused-ring (bicyclic) bond motifs is 1. The Hall–Kier alpha value is -1.55. The van der Waals surface area contributed by atoms with E-state index >= 15 is 0 Å². The van der Waals surface area contributed by atoms with Crippen LogP contribution < -0.4 is 10.6 Å². The fourth-order valence-corrected chi connectivity index (χ4v) is 2.52. The van der Waals surface area contributed by atoms with Gasteiger partial charge >= 0.3 is 6.03 Å². The summed E-state index contributed by atoms with van der Waals surface area (Å²) in [4.78, 5) is 11.5. The van der Waals surface area contributed by atoms with Crippen LogP contribution in [0.4, 0.5) is 4.79 Å². The second-order valence-electron chi connectivity index (χ2n) is 5.08. The molecule has 4 heteroatoms. The molecule has 104 valence electrons. The molecule has 1 unspecified atom stereocenters. The predicted molar refractivity (Wildman–Crippen MR) is 75.1 cm³/mol. The van der Waals surface area contributed by atoms with Gasteiger partial charge in [0.2, 0.25) is 0 Å². The van der Waals surface area contributed by atoms with Gasteiger partial charge in [-0.2, -0.15) is 0 Å². The fourth-order valence-electron chi connectivity index (χ4n) is 2.52. The lowest BCUT2D eigenvalue weighted by molar-refractivity contribution is 0.231. The predicted octanol–water partition coefficient (Wildman–Crippen LogP) is 1.92. The molecule has 0 bridgehead atoms. The van der Waals surface area contributed by atoms with Crippen molar-refractivity contribution < 1.29 is 9.90 Å². The van der Waals surface area contributed by atoms with Gasteiger partial charge in [-0.05, 0) is 49.3 Å². The molecule has 19 heavy (non-hydrogen) atoms. The van der Waals surface area contributed by atoms with E-state index in [-0.39, 0.29) is 25.2 Å². The Morgan fingerprint density at radius 2 is 2.05 bits per heavy atom. The van der Waals surface area contributed by atoms with Gasteiger partial charge in [-0.25, -0.2) is 4.79 Å². The van der Waals surface area contributed by atoms with E-state index in [0.717, 1.165) is 12.0 Å². The van der Waals surface area contributed by atoms with Gasteiger partial charge in [-0.1, -0.05) is 18.2 Å². The minimum atomic E-state index is -0.237. The molecule has 0 heterocycles. The van der Waals surface area contributed by atoms with Gasteiger partial charge < -0.3 is 15.7 Å². The van der Waals surface area contributed by atoms with Gasteiger partial charge in [0.25, 0.3) is 0 Å². The summed E-state index contributed by atoms with van der Waals surface area (Å²) < 4.78 is 0. The van der Waals surface area contributed by atoms with Crippen LogP contribution in [0.15, 0.2) is 18.2 Å². The standard InChI is InChI=1S/C15H22N2O2/c1-11(17-15(19)16-8-9-18)13-7-6-12-4-2-3-5-14(12)10-13/h6-7,10-11,18H,2-5,8-9H2,1H3,(H2,16,17,19). The van der Waals surface area contributed by atoms with E-state index in [4.69, 9.17) is 5.11 Å². The van der Waals surface area contributed by atoms with Crippen LogP contribution in [-0.4, -0.2) is 24.3 Å². The Kier molecular flexibility index (Phi) is 4.80. The first-order chi connectivity index (χ1) is 9.20. The van der Waals surface area contributed by atoms with Crippen molar-refractivity contribution in [3.63, 3.8) is 0 Å². The zero-order chi connectivity index (χ0) is 13.7. The lowest BCUT2D eigenvalue weighted by Gasteiger charge is -2.20. The van der Waals surface area contributed by atoms with E-state index < -0.39 is 0 Å². The minimum absolute atomic E-state index is 0.0223. The first-order valence-electron chi connectivity index (χ1n) is 6.97. The number of carbonyl (C=O) groups excluding carboxylic acids is 1. The lowest BCUT2D eigenvalue weighted by Crippen LogP contribution is -2.38. The number of aliphatic hydroxyl groups is 1. The summed E-state index contributed by atoms with van der Waals surface area (Å²) in [5.74, 6) is 0. The summed E-state index contributed by atoms with van der Waals surface area (Å²) in [6.07, 6.45) is 4.86. The number of carbonyl (C=O) groups is 1. The number of hydrogen-bond donors (Lipinski definition) is 3. The van der Waals surface area contributed by atoms with Crippen molar-refractivity contribution >= 4 is 6.03 Å². The molecule has 2 rings (SSSR count). The van der Waals surface area contributed by atoms with Gasteiger partial charge in [0.1, 0.15) is 0 Å². The van der Waals surface area contributed by atoms with E-state index in [1.807, 2.05) is 6.92 Å². The molecule has 1 atom stereocenters. The average Bonchev–Trinajstić information content (AvgIpc) is 2.44. The summed E-state index contributed by atoms with van der Waals surface area (Å²) in [5.41, 5.74) is 4.01. The molecule has 0 saturated heterocycles. The molecular weight excluding hydrogens is 240 g/mol. The van der Waals surface area contributed by atoms with Crippen molar-refractivity contribution in [2.24, 2.45) is 0 Å². The van der Waals surface area contributed by atoms with E-state index in [1.54, 1.807) is 0 Å². The monoisotopic (exact) mass is 262 g/mol. The maximum Gasteiger partial charge on any atom is 0.315 e. The number of hydrogen-bond acceptors (Lipinski definition) is 2. The number of urea groups is 1. The summed E-state index contributed by atoms with van der Waals surface area (Å²) in [6, 6.07) is 6.24. The molecule has 2 amide bonds. The van der Waals surface area contributed by atoms with Gasteiger partial charge in [0.05, 0.1) is 12.6 Å². The molecule has 0 fully saturated rings. The van der Waals surface area contributed by atoms with E-state index in [9.17, 15) is 4.79 Å². The van der Waals surface area contributed by atoms with Crippen molar-refractivity contribution in [2.75, 3.05) is 13.2 Å². The molecule has 0 saturated carbocycles. The highest BCUT2D eigenvalue weighted by atomic mass is 16.3. The topological polar surface area (TPSA) is 61.4 Å². The normalized spacial score (nSPS) is 15.5. The molecule has 1 aliphatic carbocycles. The molecule has 0 aromatic heterocycles. The quantitative estimate of drug-likeness (QED) is 0.776. The number of rotatable bonds is 4. The molecular formula is C15H22N2O2. The maximum absolute atomic E-state index is 11.5. The van der Waals surface area contributed by atoms with Gasteiger partial charge in [-0.3, -0.25) is 0 Å². The summed E-state index contributed by atoms with van der Waals surface area (Å²) >= 11 is 0. The molecule has 1 aromatic rings. The van der Waals surface area contributed by atoms with Crippen molar-refractivity contribution in [3.8, 4) is 0 Å². The van der Waals surface area contributed by atoms with Crippen molar-refractivity contribution in [1.29, 1.82) is 0 Å². The SMILES string of the molecule is CC(NC(=O)NCCO)c1ccc2c(c1)CCCC2. The highest BCUT2D eigenvalue weighted by Crippen LogP contribution is 2.24. The number of aliphatic hydroxyl groups excluding tert-OH is 1. The van der Waals surface area contributed by atoms with Crippen LogP contribution in [0.1, 0.15) is 42.5 Å². The average molecular weight is 262 g/mol. The van der Waals surface area contributed by atoms with Gasteiger partial charge in [0.15, 0.2) is 0 Å². The molecule has 1 aromatic carbocycles. The van der Waals surface area contributed by atoms with Crippen LogP contribution in [0.25, 0.3) is 0 Å². The first kappa shape index (κ1) is 13.9. The van der Waals surface area contributed by atoms with Crippen LogP contribution in [0, 0.1) is 0 Å². The van der Waals surface area contributed by atoms with Crippen LogP contribution in [0.2, 0.25) is 0 Å². The van der Waals surface area contributed by atoms with Crippen LogP contribution in [0.5, 0.6) is 0 Å². The molecule has 0 spiro atoms. The Labute approximate surface area is 114 Å². The van der Waals surface area contributed by atoms with Crippen molar-refractivity contribution in [3.05, 3.63) is 34.9 Å². The highest BCUT2D eigenvalue weighted by Gasteiger charge is 2.13. The lowest BCUT2D eigenvalue weighted by atomic mass is 9.89. The number of nitrogens with one attached hydrogen (secondary N) is 2. The van der Waals surface area contributed by atoms with Crippen molar-refractivity contribution in [1.82, 2.24) is 10.6 Å². The molecule has 0 aliphatic heterocycles. The third-order valence-corrected chi connectivity index (χ3v) is 3.62. The molecule has 3 N–H and O–H groups in total. The van der Waals surface area contributed by atoms with Gasteiger partial charge in [-0.15, -0.1) is 0 Å². The summed E-state index contributed by atoms with van der Waals surface area (Å²) in [5, 5.41) is 14.1. The second-order valence-corrected chi connectivity index (χ2v) is 5.08. The molecule has 1 aliphatic rings. The first-order valence-corrected chi connectivity index (χ1v) is 6.97.